The zero-order chi connectivity index (χ0) is 16.8. The lowest BCUT2D eigenvalue weighted by atomic mass is 9.89. The molecule has 0 bridgehead atoms. The van der Waals surface area contributed by atoms with Crippen molar-refractivity contribution in [2.24, 2.45) is 0 Å². The summed E-state index contributed by atoms with van der Waals surface area (Å²) in [6, 6.07) is 8.30. The molecule has 6 heteroatoms. The van der Waals surface area contributed by atoms with E-state index in [9.17, 15) is 28.3 Å². The lowest BCUT2D eigenvalue weighted by molar-refractivity contribution is 0.0295. The zero-order valence-electron chi connectivity index (χ0n) is 11.7. The monoisotopic (exact) mass is 316 g/mol. The van der Waals surface area contributed by atoms with E-state index in [0.29, 0.717) is 6.07 Å². The van der Waals surface area contributed by atoms with Gasteiger partial charge in [-0.15, -0.1) is 0 Å². The molecule has 0 aliphatic heterocycles. The molecule has 0 saturated heterocycles. The Kier molecular flexibility index (Phi) is 3.41. The predicted octanol–water partition coefficient (Wildman–Crippen LogP) is 2.35. The van der Waals surface area contributed by atoms with E-state index >= 15 is 0 Å². The molecule has 116 valence electrons. The summed E-state index contributed by atoms with van der Waals surface area (Å²) in [7, 11) is 0. The lowest BCUT2D eigenvalue weighted by Crippen LogP contribution is -2.43. The van der Waals surface area contributed by atoms with Crippen LogP contribution in [0.25, 0.3) is 0 Å². The van der Waals surface area contributed by atoms with Crippen LogP contribution in [0, 0.1) is 11.6 Å². The molecule has 2 aromatic carbocycles. The standard InChI is InChI=1S/C17H10F2O4/c18-12-6-5-9(7-13(12)19)14(20)8-17(23)15(21)10-3-1-2-4-11(10)16(17)22/h1-7,23H,8H2. The van der Waals surface area contributed by atoms with Crippen molar-refractivity contribution in [2.45, 2.75) is 12.0 Å². The average molecular weight is 316 g/mol. The molecule has 0 atom stereocenters. The summed E-state index contributed by atoms with van der Waals surface area (Å²) in [5.41, 5.74) is -2.66. The quantitative estimate of drug-likeness (QED) is 0.697. The summed E-state index contributed by atoms with van der Waals surface area (Å²) in [5, 5.41) is 10.4. The van der Waals surface area contributed by atoms with Gasteiger partial charge in [-0.1, -0.05) is 24.3 Å². The number of ketones is 3. The predicted molar refractivity (Wildman–Crippen MR) is 75.4 cm³/mol. The molecular formula is C17H10F2O4. The molecule has 0 fully saturated rings. The molecule has 1 N–H and O–H groups in total. The SMILES string of the molecule is O=C(CC1(O)C(=O)c2ccccc2C1=O)c1ccc(F)c(F)c1. The number of aliphatic hydroxyl groups is 1. The maximum absolute atomic E-state index is 13.2. The summed E-state index contributed by atoms with van der Waals surface area (Å²) in [4.78, 5) is 36.7. The van der Waals surface area contributed by atoms with E-state index in [2.05, 4.69) is 0 Å². The first kappa shape index (κ1) is 15.2. The highest BCUT2D eigenvalue weighted by Gasteiger charge is 2.52. The van der Waals surface area contributed by atoms with E-state index in [1.54, 1.807) is 0 Å². The van der Waals surface area contributed by atoms with Gasteiger partial charge in [-0.3, -0.25) is 14.4 Å². The fourth-order valence-corrected chi connectivity index (χ4v) is 2.59. The van der Waals surface area contributed by atoms with Gasteiger partial charge in [0, 0.05) is 16.7 Å². The van der Waals surface area contributed by atoms with Crippen molar-refractivity contribution in [2.75, 3.05) is 0 Å². The molecule has 0 amide bonds. The van der Waals surface area contributed by atoms with Gasteiger partial charge in [-0.25, -0.2) is 8.78 Å². The Morgan fingerprint density at radius 1 is 0.957 bits per heavy atom. The van der Waals surface area contributed by atoms with Crippen molar-refractivity contribution < 1.29 is 28.3 Å². The smallest absolute Gasteiger partial charge is 0.203 e. The second kappa shape index (κ2) is 5.17. The molecular weight excluding hydrogens is 306 g/mol. The van der Waals surface area contributed by atoms with Crippen LogP contribution < -0.4 is 0 Å². The highest BCUT2D eigenvalue weighted by Crippen LogP contribution is 2.33. The normalized spacial score (nSPS) is 15.6. The van der Waals surface area contributed by atoms with Crippen LogP contribution in [0.4, 0.5) is 8.78 Å². The summed E-state index contributed by atoms with van der Waals surface area (Å²) in [6.07, 6.45) is -0.829. The van der Waals surface area contributed by atoms with Crippen molar-refractivity contribution in [3.8, 4) is 0 Å². The Labute approximate surface area is 129 Å². The largest absolute Gasteiger partial charge is 0.374 e. The second-order valence-electron chi connectivity index (χ2n) is 5.29. The molecule has 0 spiro atoms. The number of hydrogen-bond acceptors (Lipinski definition) is 4. The number of rotatable bonds is 3. The molecule has 1 aliphatic rings. The van der Waals surface area contributed by atoms with E-state index in [4.69, 9.17) is 0 Å². The van der Waals surface area contributed by atoms with Crippen LogP contribution in [0.2, 0.25) is 0 Å². The number of hydrogen-bond donors (Lipinski definition) is 1. The molecule has 3 rings (SSSR count). The first-order chi connectivity index (χ1) is 10.8. The molecule has 1 aliphatic carbocycles. The number of carbonyl (C=O) groups is 3. The van der Waals surface area contributed by atoms with Gasteiger partial charge in [-0.05, 0) is 18.2 Å². The van der Waals surface area contributed by atoms with E-state index in [-0.39, 0.29) is 16.7 Å². The summed E-state index contributed by atoms with van der Waals surface area (Å²) in [6.45, 7) is 0. The number of carbonyl (C=O) groups excluding carboxylic acids is 3. The van der Waals surface area contributed by atoms with Gasteiger partial charge in [-0.2, -0.15) is 0 Å². The van der Waals surface area contributed by atoms with E-state index in [1.807, 2.05) is 0 Å². The van der Waals surface area contributed by atoms with Gasteiger partial charge in [0.25, 0.3) is 0 Å². The van der Waals surface area contributed by atoms with Gasteiger partial charge < -0.3 is 5.11 Å². The Bertz CT molecular complexity index is 822. The third-order valence-corrected chi connectivity index (χ3v) is 3.83. The molecule has 0 saturated carbocycles. The molecule has 23 heavy (non-hydrogen) atoms. The highest BCUT2D eigenvalue weighted by atomic mass is 19.2. The fourth-order valence-electron chi connectivity index (χ4n) is 2.59. The molecule has 0 unspecified atom stereocenters. The second-order valence-corrected chi connectivity index (χ2v) is 5.29. The van der Waals surface area contributed by atoms with Gasteiger partial charge >= 0.3 is 0 Å². The molecule has 4 nitrogen and oxygen atoms in total. The number of fused-ring (bicyclic) bond motifs is 1. The topological polar surface area (TPSA) is 71.4 Å². The molecule has 0 radical (unpaired) electrons. The Morgan fingerprint density at radius 2 is 1.52 bits per heavy atom. The van der Waals surface area contributed by atoms with E-state index < -0.39 is 41.0 Å². The van der Waals surface area contributed by atoms with Gasteiger partial charge in [0.05, 0.1) is 6.42 Å². The van der Waals surface area contributed by atoms with Crippen LogP contribution in [0.1, 0.15) is 37.5 Å². The number of benzene rings is 2. The van der Waals surface area contributed by atoms with E-state index in [1.165, 1.54) is 24.3 Å². The zero-order valence-corrected chi connectivity index (χ0v) is 11.7. The van der Waals surface area contributed by atoms with Crippen LogP contribution >= 0.6 is 0 Å². The molecule has 0 heterocycles. The van der Waals surface area contributed by atoms with Crippen LogP contribution in [-0.4, -0.2) is 28.1 Å². The van der Waals surface area contributed by atoms with Crippen molar-refractivity contribution >= 4 is 17.3 Å². The van der Waals surface area contributed by atoms with Crippen LogP contribution in [-0.2, 0) is 0 Å². The van der Waals surface area contributed by atoms with Crippen LogP contribution in [0.3, 0.4) is 0 Å². The third kappa shape index (κ3) is 2.27. The Morgan fingerprint density at radius 3 is 2.04 bits per heavy atom. The van der Waals surface area contributed by atoms with Crippen LogP contribution in [0.5, 0.6) is 0 Å². The maximum Gasteiger partial charge on any atom is 0.203 e. The molecule has 0 aromatic heterocycles. The van der Waals surface area contributed by atoms with Gasteiger partial charge in [0.1, 0.15) is 0 Å². The summed E-state index contributed by atoms with van der Waals surface area (Å²) < 4.78 is 26.1. The lowest BCUT2D eigenvalue weighted by Gasteiger charge is -2.18. The third-order valence-electron chi connectivity index (χ3n) is 3.83. The van der Waals surface area contributed by atoms with Crippen molar-refractivity contribution in [1.29, 1.82) is 0 Å². The average Bonchev–Trinajstić information content (AvgIpc) is 2.72. The minimum Gasteiger partial charge on any atom is -0.374 e. The maximum atomic E-state index is 13.2. The summed E-state index contributed by atoms with van der Waals surface area (Å²) in [5.74, 6) is -4.92. The highest BCUT2D eigenvalue weighted by molar-refractivity contribution is 6.33. The summed E-state index contributed by atoms with van der Waals surface area (Å²) >= 11 is 0. The van der Waals surface area contributed by atoms with Gasteiger partial charge in [0.15, 0.2) is 23.0 Å². The van der Waals surface area contributed by atoms with Crippen molar-refractivity contribution in [3.05, 3.63) is 70.8 Å². The first-order valence-corrected chi connectivity index (χ1v) is 6.74. The fraction of sp³-hybridized carbons (Fsp3) is 0.118. The van der Waals surface area contributed by atoms with Gasteiger partial charge in [0.2, 0.25) is 11.6 Å². The Hall–Kier alpha value is -2.73. The first-order valence-electron chi connectivity index (χ1n) is 6.74. The molecule has 2 aromatic rings. The van der Waals surface area contributed by atoms with E-state index in [0.717, 1.165) is 12.1 Å². The van der Waals surface area contributed by atoms with Crippen molar-refractivity contribution in [3.63, 3.8) is 0 Å². The van der Waals surface area contributed by atoms with Crippen molar-refractivity contribution in [1.82, 2.24) is 0 Å². The minimum atomic E-state index is -2.51. The Balaban J connectivity index is 1.93. The van der Waals surface area contributed by atoms with Crippen LogP contribution in [0.15, 0.2) is 42.5 Å². The number of Topliss-reactive ketones (excluding diaryl/α,β-unsaturated/α-hetero) is 3. The minimum absolute atomic E-state index is 0.0399. The number of halogens is 2.